The van der Waals surface area contributed by atoms with E-state index in [1.807, 2.05) is 19.1 Å². The lowest BCUT2D eigenvalue weighted by Gasteiger charge is -2.10. The highest BCUT2D eigenvalue weighted by Crippen LogP contribution is 2.26. The third kappa shape index (κ3) is 2.72. The standard InChI is InChI=1S/C17H20N2O/c1-12-2-4-16(15(18)10-12)19-8-6-13-3-5-17-14(11-13)7-9-20-17/h2-5,10-11,19H,6-9,18H2,1H3. The van der Waals surface area contributed by atoms with Gasteiger partial charge >= 0.3 is 0 Å². The van der Waals surface area contributed by atoms with E-state index in [1.165, 1.54) is 16.7 Å². The molecular weight excluding hydrogens is 248 g/mol. The lowest BCUT2D eigenvalue weighted by Crippen LogP contribution is -2.07. The van der Waals surface area contributed by atoms with Crippen molar-refractivity contribution in [2.24, 2.45) is 0 Å². The molecule has 2 aromatic rings. The fraction of sp³-hybridized carbons (Fsp3) is 0.294. The second-order valence-corrected chi connectivity index (χ2v) is 5.31. The molecule has 3 N–H and O–H groups in total. The van der Waals surface area contributed by atoms with Crippen LogP contribution in [0.3, 0.4) is 0 Å². The third-order valence-electron chi connectivity index (χ3n) is 3.69. The van der Waals surface area contributed by atoms with Crippen molar-refractivity contribution in [1.29, 1.82) is 0 Å². The van der Waals surface area contributed by atoms with Crippen LogP contribution in [0.4, 0.5) is 11.4 Å². The van der Waals surface area contributed by atoms with Crippen molar-refractivity contribution >= 4 is 11.4 Å². The summed E-state index contributed by atoms with van der Waals surface area (Å²) in [5.41, 5.74) is 11.7. The molecule has 3 rings (SSSR count). The van der Waals surface area contributed by atoms with E-state index in [4.69, 9.17) is 10.5 Å². The molecule has 0 saturated heterocycles. The Morgan fingerprint density at radius 3 is 2.95 bits per heavy atom. The first-order valence-electron chi connectivity index (χ1n) is 7.07. The number of fused-ring (bicyclic) bond motifs is 1. The molecule has 2 aromatic carbocycles. The molecule has 3 nitrogen and oxygen atoms in total. The van der Waals surface area contributed by atoms with Crippen molar-refractivity contribution in [1.82, 2.24) is 0 Å². The van der Waals surface area contributed by atoms with Gasteiger partial charge in [-0.05, 0) is 48.2 Å². The van der Waals surface area contributed by atoms with Crippen molar-refractivity contribution in [3.05, 3.63) is 53.1 Å². The van der Waals surface area contributed by atoms with Gasteiger partial charge in [0.25, 0.3) is 0 Å². The van der Waals surface area contributed by atoms with Gasteiger partial charge < -0.3 is 15.8 Å². The topological polar surface area (TPSA) is 47.3 Å². The average molecular weight is 268 g/mol. The number of hydrogen-bond donors (Lipinski definition) is 2. The molecule has 0 saturated carbocycles. The molecule has 0 fully saturated rings. The molecule has 104 valence electrons. The van der Waals surface area contributed by atoms with Gasteiger partial charge in [0.05, 0.1) is 18.0 Å². The van der Waals surface area contributed by atoms with E-state index in [0.717, 1.165) is 43.1 Å². The van der Waals surface area contributed by atoms with Crippen LogP contribution in [0.5, 0.6) is 5.75 Å². The lowest BCUT2D eigenvalue weighted by molar-refractivity contribution is 0.357. The minimum absolute atomic E-state index is 0.812. The Morgan fingerprint density at radius 2 is 2.10 bits per heavy atom. The van der Waals surface area contributed by atoms with E-state index in [1.54, 1.807) is 0 Å². The minimum Gasteiger partial charge on any atom is -0.493 e. The number of nitrogens with one attached hydrogen (secondary N) is 1. The van der Waals surface area contributed by atoms with E-state index >= 15 is 0 Å². The Hall–Kier alpha value is -2.16. The smallest absolute Gasteiger partial charge is 0.122 e. The largest absolute Gasteiger partial charge is 0.493 e. The first-order valence-corrected chi connectivity index (χ1v) is 7.07. The van der Waals surface area contributed by atoms with Crippen LogP contribution in [0.2, 0.25) is 0 Å². The van der Waals surface area contributed by atoms with Crippen molar-refractivity contribution in [3.63, 3.8) is 0 Å². The summed E-state index contributed by atoms with van der Waals surface area (Å²) in [6.45, 7) is 3.75. The molecule has 0 aromatic heterocycles. The van der Waals surface area contributed by atoms with Gasteiger partial charge in [0.2, 0.25) is 0 Å². The maximum absolute atomic E-state index is 6.00. The molecule has 0 bridgehead atoms. The predicted octanol–water partition coefficient (Wildman–Crippen LogP) is 3.17. The molecule has 1 aliphatic rings. The molecule has 0 amide bonds. The maximum atomic E-state index is 6.00. The van der Waals surface area contributed by atoms with Crippen LogP contribution >= 0.6 is 0 Å². The number of nitrogens with two attached hydrogens (primary N) is 1. The number of hydrogen-bond acceptors (Lipinski definition) is 3. The summed E-state index contributed by atoms with van der Waals surface area (Å²) in [7, 11) is 0. The van der Waals surface area contributed by atoms with Crippen LogP contribution in [0, 0.1) is 6.92 Å². The van der Waals surface area contributed by atoms with E-state index in [-0.39, 0.29) is 0 Å². The molecule has 0 atom stereocenters. The van der Waals surface area contributed by atoms with Gasteiger partial charge in [-0.15, -0.1) is 0 Å². The van der Waals surface area contributed by atoms with Gasteiger partial charge in [0.1, 0.15) is 5.75 Å². The van der Waals surface area contributed by atoms with E-state index in [0.29, 0.717) is 0 Å². The van der Waals surface area contributed by atoms with Gasteiger partial charge in [-0.2, -0.15) is 0 Å². The second kappa shape index (κ2) is 5.45. The third-order valence-corrected chi connectivity index (χ3v) is 3.69. The average Bonchev–Trinajstić information content (AvgIpc) is 2.89. The molecule has 0 aliphatic carbocycles. The van der Waals surface area contributed by atoms with E-state index in [2.05, 4.69) is 29.6 Å². The Morgan fingerprint density at radius 1 is 1.20 bits per heavy atom. The zero-order valence-electron chi connectivity index (χ0n) is 11.8. The highest BCUT2D eigenvalue weighted by atomic mass is 16.5. The summed E-state index contributed by atoms with van der Waals surface area (Å²) >= 11 is 0. The Balaban J connectivity index is 1.60. The number of ether oxygens (including phenoxy) is 1. The zero-order chi connectivity index (χ0) is 13.9. The Kier molecular flexibility index (Phi) is 3.50. The number of aryl methyl sites for hydroxylation is 1. The van der Waals surface area contributed by atoms with Crippen LogP contribution in [-0.2, 0) is 12.8 Å². The summed E-state index contributed by atoms with van der Waals surface area (Å²) in [6.07, 6.45) is 2.02. The predicted molar refractivity (Wildman–Crippen MR) is 83.4 cm³/mol. The fourth-order valence-electron chi connectivity index (χ4n) is 2.58. The summed E-state index contributed by atoms with van der Waals surface area (Å²) in [4.78, 5) is 0. The molecule has 20 heavy (non-hydrogen) atoms. The molecular formula is C17H20N2O. The monoisotopic (exact) mass is 268 g/mol. The first kappa shape index (κ1) is 12.9. The maximum Gasteiger partial charge on any atom is 0.122 e. The van der Waals surface area contributed by atoms with Gasteiger partial charge in [0.15, 0.2) is 0 Å². The van der Waals surface area contributed by atoms with Crippen LogP contribution in [-0.4, -0.2) is 13.2 Å². The van der Waals surface area contributed by atoms with Crippen molar-refractivity contribution < 1.29 is 4.74 Å². The highest BCUT2D eigenvalue weighted by molar-refractivity contribution is 5.66. The summed E-state index contributed by atoms with van der Waals surface area (Å²) < 4.78 is 5.52. The van der Waals surface area contributed by atoms with Crippen LogP contribution in [0.25, 0.3) is 0 Å². The molecule has 0 spiro atoms. The molecule has 1 aliphatic heterocycles. The van der Waals surface area contributed by atoms with E-state index in [9.17, 15) is 0 Å². The summed E-state index contributed by atoms with van der Waals surface area (Å²) in [5.74, 6) is 1.05. The molecule has 1 heterocycles. The van der Waals surface area contributed by atoms with Gasteiger partial charge in [0, 0.05) is 13.0 Å². The van der Waals surface area contributed by atoms with Crippen molar-refractivity contribution in [2.75, 3.05) is 24.2 Å². The zero-order valence-corrected chi connectivity index (χ0v) is 11.8. The highest BCUT2D eigenvalue weighted by Gasteiger charge is 2.11. The number of anilines is 2. The fourth-order valence-corrected chi connectivity index (χ4v) is 2.58. The van der Waals surface area contributed by atoms with Crippen molar-refractivity contribution in [3.8, 4) is 5.75 Å². The SMILES string of the molecule is Cc1ccc(NCCc2ccc3c(c2)CCO3)c(N)c1. The summed E-state index contributed by atoms with van der Waals surface area (Å²) in [5, 5.41) is 3.40. The number of benzene rings is 2. The van der Waals surface area contributed by atoms with Crippen LogP contribution in [0.15, 0.2) is 36.4 Å². The second-order valence-electron chi connectivity index (χ2n) is 5.31. The first-order chi connectivity index (χ1) is 9.72. The minimum atomic E-state index is 0.812. The van der Waals surface area contributed by atoms with Crippen LogP contribution in [0.1, 0.15) is 16.7 Å². The molecule has 0 radical (unpaired) electrons. The molecule has 0 unspecified atom stereocenters. The van der Waals surface area contributed by atoms with Crippen molar-refractivity contribution in [2.45, 2.75) is 19.8 Å². The quantitative estimate of drug-likeness (QED) is 0.837. The normalized spacial score (nSPS) is 12.8. The van der Waals surface area contributed by atoms with E-state index < -0.39 is 0 Å². The lowest BCUT2D eigenvalue weighted by atomic mass is 10.1. The Labute approximate surface area is 119 Å². The molecule has 3 heteroatoms. The number of nitrogen functional groups attached to an aromatic ring is 1. The van der Waals surface area contributed by atoms with Crippen LogP contribution < -0.4 is 15.8 Å². The van der Waals surface area contributed by atoms with Gasteiger partial charge in [-0.25, -0.2) is 0 Å². The number of rotatable bonds is 4. The summed E-state index contributed by atoms with van der Waals surface area (Å²) in [6, 6.07) is 12.6. The Bertz CT molecular complexity index is 622. The van der Waals surface area contributed by atoms with Gasteiger partial charge in [-0.1, -0.05) is 18.2 Å². The van der Waals surface area contributed by atoms with Gasteiger partial charge in [-0.3, -0.25) is 0 Å².